The quantitative estimate of drug-likeness (QED) is 0.830. The topological polar surface area (TPSA) is 49.4 Å². The van der Waals surface area contributed by atoms with E-state index in [0.29, 0.717) is 25.1 Å². The maximum absolute atomic E-state index is 13.6. The van der Waals surface area contributed by atoms with Gasteiger partial charge in [0, 0.05) is 29.7 Å². The molecule has 2 aromatic rings. The van der Waals surface area contributed by atoms with Crippen molar-refractivity contribution in [2.75, 3.05) is 18.0 Å². The zero-order valence-electron chi connectivity index (χ0n) is 13.5. The molecule has 1 N–H and O–H groups in total. The van der Waals surface area contributed by atoms with Crippen molar-refractivity contribution < 1.29 is 14.0 Å². The highest BCUT2D eigenvalue weighted by atomic mass is 79.9. The van der Waals surface area contributed by atoms with Gasteiger partial charge in [0.25, 0.3) is 0 Å². The number of amides is 2. The van der Waals surface area contributed by atoms with E-state index in [9.17, 15) is 14.0 Å². The number of rotatable bonds is 5. The monoisotopic (exact) mass is 404 g/mol. The number of hydrogen-bond donors (Lipinski definition) is 1. The van der Waals surface area contributed by atoms with Gasteiger partial charge in [-0.1, -0.05) is 40.2 Å². The van der Waals surface area contributed by atoms with Crippen LogP contribution in [0.3, 0.4) is 0 Å². The summed E-state index contributed by atoms with van der Waals surface area (Å²) >= 11 is 3.39. The summed E-state index contributed by atoms with van der Waals surface area (Å²) in [7, 11) is 0. The van der Waals surface area contributed by atoms with Gasteiger partial charge in [0.15, 0.2) is 0 Å². The number of carbonyl (C=O) groups excluding carboxylic acids is 2. The van der Waals surface area contributed by atoms with Crippen LogP contribution in [0.2, 0.25) is 0 Å². The molecule has 130 valence electrons. The first-order valence-corrected chi connectivity index (χ1v) is 8.91. The molecular formula is C19H18BrFN2O2. The minimum atomic E-state index is -0.382. The van der Waals surface area contributed by atoms with Crippen LogP contribution in [0, 0.1) is 11.7 Å². The molecule has 0 aliphatic carbocycles. The van der Waals surface area contributed by atoms with Crippen molar-refractivity contribution in [3.8, 4) is 0 Å². The fourth-order valence-corrected chi connectivity index (χ4v) is 3.33. The molecule has 1 fully saturated rings. The molecule has 1 atom stereocenters. The largest absolute Gasteiger partial charge is 0.355 e. The molecule has 0 radical (unpaired) electrons. The number of hydrogen-bond acceptors (Lipinski definition) is 2. The molecule has 1 heterocycles. The fraction of sp³-hybridized carbons (Fsp3) is 0.263. The number of nitrogens with one attached hydrogen (secondary N) is 1. The molecule has 4 nitrogen and oxygen atoms in total. The standard InChI is InChI=1S/C19H18BrFN2O2/c20-15-5-3-6-16(11-15)23-12-14(10-18(23)24)19(25)22-9-8-13-4-1-2-7-17(13)21/h1-7,11,14H,8-10,12H2,(H,22,25). The van der Waals surface area contributed by atoms with Crippen LogP contribution in [-0.4, -0.2) is 24.9 Å². The second-order valence-corrected chi connectivity index (χ2v) is 6.93. The van der Waals surface area contributed by atoms with Gasteiger partial charge in [0.1, 0.15) is 5.82 Å². The Morgan fingerprint density at radius 2 is 2.04 bits per heavy atom. The van der Waals surface area contributed by atoms with Gasteiger partial charge in [0.2, 0.25) is 11.8 Å². The van der Waals surface area contributed by atoms with Gasteiger partial charge in [-0.15, -0.1) is 0 Å². The summed E-state index contributed by atoms with van der Waals surface area (Å²) < 4.78 is 14.5. The molecule has 0 saturated carbocycles. The third kappa shape index (κ3) is 4.25. The van der Waals surface area contributed by atoms with Crippen molar-refractivity contribution in [2.45, 2.75) is 12.8 Å². The molecule has 1 aliphatic rings. The summed E-state index contributed by atoms with van der Waals surface area (Å²) in [6.45, 7) is 0.710. The number of halogens is 2. The summed E-state index contributed by atoms with van der Waals surface area (Å²) in [4.78, 5) is 26.2. The predicted octanol–water partition coefficient (Wildman–Crippen LogP) is 3.30. The molecule has 0 aromatic heterocycles. The highest BCUT2D eigenvalue weighted by Crippen LogP contribution is 2.27. The molecule has 1 saturated heterocycles. The molecule has 1 unspecified atom stereocenters. The Hall–Kier alpha value is -2.21. The van der Waals surface area contributed by atoms with E-state index < -0.39 is 0 Å². The molecule has 0 bridgehead atoms. The SMILES string of the molecule is O=C(NCCc1ccccc1F)C1CC(=O)N(c2cccc(Br)c2)C1. The Morgan fingerprint density at radius 3 is 2.80 bits per heavy atom. The molecule has 6 heteroatoms. The minimum Gasteiger partial charge on any atom is -0.355 e. The Kier molecular flexibility index (Phi) is 5.48. The third-order valence-electron chi connectivity index (χ3n) is 4.27. The first-order valence-electron chi connectivity index (χ1n) is 8.11. The van der Waals surface area contributed by atoms with E-state index in [0.717, 1.165) is 10.2 Å². The molecule has 2 aromatic carbocycles. The summed E-state index contributed by atoms with van der Waals surface area (Å²) in [5.74, 6) is -0.879. The van der Waals surface area contributed by atoms with Crippen molar-refractivity contribution in [3.05, 3.63) is 64.4 Å². The number of carbonyl (C=O) groups is 2. The predicted molar refractivity (Wildman–Crippen MR) is 97.7 cm³/mol. The maximum atomic E-state index is 13.6. The van der Waals surface area contributed by atoms with E-state index in [4.69, 9.17) is 0 Å². The smallest absolute Gasteiger partial charge is 0.227 e. The second kappa shape index (κ2) is 7.78. The molecular weight excluding hydrogens is 387 g/mol. The maximum Gasteiger partial charge on any atom is 0.227 e. The average Bonchev–Trinajstić information content (AvgIpc) is 2.98. The van der Waals surface area contributed by atoms with Crippen molar-refractivity contribution >= 4 is 33.4 Å². The first-order chi connectivity index (χ1) is 12.0. The normalized spacial score (nSPS) is 17.0. The van der Waals surface area contributed by atoms with Gasteiger partial charge < -0.3 is 10.2 Å². The van der Waals surface area contributed by atoms with Crippen LogP contribution in [0.1, 0.15) is 12.0 Å². The van der Waals surface area contributed by atoms with Crippen molar-refractivity contribution in [2.24, 2.45) is 5.92 Å². The van der Waals surface area contributed by atoms with Gasteiger partial charge in [-0.25, -0.2) is 4.39 Å². The van der Waals surface area contributed by atoms with E-state index >= 15 is 0 Å². The first kappa shape index (κ1) is 17.6. The van der Waals surface area contributed by atoms with E-state index in [1.54, 1.807) is 23.1 Å². The minimum absolute atomic E-state index is 0.0626. The van der Waals surface area contributed by atoms with Crippen LogP contribution in [0.4, 0.5) is 10.1 Å². The summed E-state index contributed by atoms with van der Waals surface area (Å²) in [6, 6.07) is 14.0. The molecule has 0 spiro atoms. The highest BCUT2D eigenvalue weighted by Gasteiger charge is 2.34. The third-order valence-corrected chi connectivity index (χ3v) is 4.76. The van der Waals surface area contributed by atoms with Crippen molar-refractivity contribution in [3.63, 3.8) is 0 Å². The van der Waals surface area contributed by atoms with Crippen LogP contribution in [0.5, 0.6) is 0 Å². The Morgan fingerprint density at radius 1 is 1.24 bits per heavy atom. The Labute approximate surface area is 154 Å². The van der Waals surface area contributed by atoms with Crippen molar-refractivity contribution in [1.82, 2.24) is 5.32 Å². The van der Waals surface area contributed by atoms with Gasteiger partial charge in [-0.05, 0) is 36.2 Å². The lowest BCUT2D eigenvalue weighted by Gasteiger charge is -2.17. The second-order valence-electron chi connectivity index (χ2n) is 6.02. The van der Waals surface area contributed by atoms with Crippen LogP contribution < -0.4 is 10.2 Å². The summed E-state index contributed by atoms with van der Waals surface area (Å²) in [6.07, 6.45) is 0.618. The average molecular weight is 405 g/mol. The Bertz CT molecular complexity index is 796. The zero-order valence-corrected chi connectivity index (χ0v) is 15.1. The molecule has 25 heavy (non-hydrogen) atoms. The summed E-state index contributed by atoms with van der Waals surface area (Å²) in [5, 5.41) is 2.81. The summed E-state index contributed by atoms with van der Waals surface area (Å²) in [5.41, 5.74) is 1.35. The number of nitrogens with zero attached hydrogens (tertiary/aromatic N) is 1. The van der Waals surface area contributed by atoms with Gasteiger partial charge in [-0.2, -0.15) is 0 Å². The number of benzene rings is 2. The van der Waals surface area contributed by atoms with E-state index in [2.05, 4.69) is 21.2 Å². The Balaban J connectivity index is 1.55. The molecule has 1 aliphatic heterocycles. The van der Waals surface area contributed by atoms with Crippen molar-refractivity contribution in [1.29, 1.82) is 0 Å². The van der Waals surface area contributed by atoms with Gasteiger partial charge in [0.05, 0.1) is 5.92 Å². The van der Waals surface area contributed by atoms with Crippen LogP contribution in [-0.2, 0) is 16.0 Å². The lowest BCUT2D eigenvalue weighted by Crippen LogP contribution is -2.34. The van der Waals surface area contributed by atoms with Crippen LogP contribution >= 0.6 is 15.9 Å². The zero-order chi connectivity index (χ0) is 17.8. The van der Waals surface area contributed by atoms with Gasteiger partial charge in [-0.3, -0.25) is 9.59 Å². The molecule has 2 amide bonds. The van der Waals surface area contributed by atoms with E-state index in [1.807, 2.05) is 24.3 Å². The van der Waals surface area contributed by atoms with Gasteiger partial charge >= 0.3 is 0 Å². The fourth-order valence-electron chi connectivity index (χ4n) is 2.94. The van der Waals surface area contributed by atoms with E-state index in [1.165, 1.54) is 6.07 Å². The van der Waals surface area contributed by atoms with Crippen LogP contribution in [0.15, 0.2) is 53.0 Å². The lowest BCUT2D eigenvalue weighted by atomic mass is 10.1. The van der Waals surface area contributed by atoms with Crippen LogP contribution in [0.25, 0.3) is 0 Å². The number of anilines is 1. The lowest BCUT2D eigenvalue weighted by molar-refractivity contribution is -0.126. The molecule has 3 rings (SSSR count). The highest BCUT2D eigenvalue weighted by molar-refractivity contribution is 9.10. The van der Waals surface area contributed by atoms with E-state index in [-0.39, 0.29) is 30.0 Å².